The Labute approximate surface area is 225 Å². The van der Waals surface area contributed by atoms with E-state index in [0.29, 0.717) is 49.5 Å². The summed E-state index contributed by atoms with van der Waals surface area (Å²) in [6, 6.07) is 16.1. The minimum atomic E-state index is -1.05. The molecule has 1 N–H and O–H groups in total. The fourth-order valence-electron chi connectivity index (χ4n) is 3.46. The van der Waals surface area contributed by atoms with Crippen LogP contribution in [0.2, 0.25) is 0 Å². The van der Waals surface area contributed by atoms with E-state index in [0.717, 1.165) is 0 Å². The zero-order chi connectivity index (χ0) is 26.5. The maximum Gasteiger partial charge on any atom is 0.335 e. The summed E-state index contributed by atoms with van der Waals surface area (Å²) in [5.74, 6) is -0.778. The highest BCUT2D eigenvalue weighted by molar-refractivity contribution is 9.10. The lowest BCUT2D eigenvalue weighted by molar-refractivity contribution is -0.121. The van der Waals surface area contributed by atoms with Crippen molar-refractivity contribution < 1.29 is 28.6 Å². The van der Waals surface area contributed by atoms with Crippen molar-refractivity contribution in [1.82, 2.24) is 4.90 Å². The highest BCUT2D eigenvalue weighted by atomic mass is 79.9. The van der Waals surface area contributed by atoms with Gasteiger partial charge in [0.05, 0.1) is 27.2 Å². The van der Waals surface area contributed by atoms with Gasteiger partial charge < -0.3 is 14.6 Å². The lowest BCUT2D eigenvalue weighted by atomic mass is 10.1. The van der Waals surface area contributed by atoms with E-state index < -0.39 is 5.97 Å². The maximum atomic E-state index is 14.0. The Morgan fingerprint density at radius 2 is 1.95 bits per heavy atom. The van der Waals surface area contributed by atoms with Crippen LogP contribution in [0.1, 0.15) is 28.4 Å². The minimum absolute atomic E-state index is 0.0216. The number of carboxylic acids is 1. The third kappa shape index (κ3) is 6.20. The summed E-state index contributed by atoms with van der Waals surface area (Å²) in [4.78, 5) is 30.5. The number of amides is 1. The molecule has 1 heterocycles. The number of rotatable bonds is 8. The van der Waals surface area contributed by atoms with Crippen molar-refractivity contribution in [3.05, 3.63) is 92.5 Å². The van der Waals surface area contributed by atoms with E-state index in [1.54, 1.807) is 55.6 Å². The first kappa shape index (κ1) is 26.4. The summed E-state index contributed by atoms with van der Waals surface area (Å²) < 4.78 is 26.3. The second kappa shape index (κ2) is 11.6. The number of carboxylic acid groups (broad SMARTS) is 1. The highest BCUT2D eigenvalue weighted by Crippen LogP contribution is 2.40. The molecule has 3 aromatic rings. The molecule has 0 atom stereocenters. The van der Waals surface area contributed by atoms with Gasteiger partial charge >= 0.3 is 5.97 Å². The van der Waals surface area contributed by atoms with Crippen LogP contribution in [0.4, 0.5) is 10.1 Å². The van der Waals surface area contributed by atoms with Gasteiger partial charge in [0.15, 0.2) is 16.7 Å². The Bertz CT molecular complexity index is 1430. The molecule has 190 valence electrons. The monoisotopic (exact) mass is 584 g/mol. The van der Waals surface area contributed by atoms with Gasteiger partial charge in [-0.25, -0.2) is 14.2 Å². The highest BCUT2D eigenvalue weighted by Gasteiger charge is 2.30. The smallest absolute Gasteiger partial charge is 0.335 e. The lowest BCUT2D eigenvalue weighted by Gasteiger charge is -2.15. The molecule has 37 heavy (non-hydrogen) atoms. The van der Waals surface area contributed by atoms with Crippen molar-refractivity contribution in [1.29, 1.82) is 0 Å². The Morgan fingerprint density at radius 1 is 1.16 bits per heavy atom. The number of ether oxygens (including phenoxy) is 2. The van der Waals surface area contributed by atoms with Crippen LogP contribution in [0.3, 0.4) is 0 Å². The minimum Gasteiger partial charge on any atom is -0.490 e. The van der Waals surface area contributed by atoms with E-state index in [-0.39, 0.29) is 23.9 Å². The molecule has 0 saturated carbocycles. The van der Waals surface area contributed by atoms with Gasteiger partial charge in [-0.1, -0.05) is 24.3 Å². The Morgan fingerprint density at radius 3 is 2.68 bits per heavy atom. The van der Waals surface area contributed by atoms with E-state index in [1.165, 1.54) is 34.9 Å². The number of aromatic carboxylic acids is 1. The van der Waals surface area contributed by atoms with Crippen LogP contribution >= 0.6 is 27.7 Å². The molecule has 1 fully saturated rings. The van der Waals surface area contributed by atoms with Crippen LogP contribution in [0.5, 0.6) is 11.5 Å². The van der Waals surface area contributed by atoms with Crippen LogP contribution in [-0.2, 0) is 11.4 Å². The number of benzene rings is 3. The molecule has 1 aliphatic rings. The molecule has 0 bridgehead atoms. The molecule has 3 aromatic carbocycles. The summed E-state index contributed by atoms with van der Waals surface area (Å²) in [5.41, 5.74) is 1.65. The molecule has 1 amide bonds. The first-order chi connectivity index (χ1) is 17.8. The molecule has 0 unspecified atom stereocenters. The van der Waals surface area contributed by atoms with Crippen LogP contribution in [0.15, 0.2) is 75.0 Å². The molecular weight excluding hydrogens is 563 g/mol. The fraction of sp³-hybridized carbons (Fsp3) is 0.148. The van der Waals surface area contributed by atoms with E-state index >= 15 is 0 Å². The molecule has 10 heteroatoms. The Kier molecular flexibility index (Phi) is 8.30. The van der Waals surface area contributed by atoms with Gasteiger partial charge in [0.25, 0.3) is 5.91 Å². The summed E-state index contributed by atoms with van der Waals surface area (Å²) in [6.07, 6.45) is 1.72. The second-order valence-corrected chi connectivity index (χ2v) is 9.73. The van der Waals surface area contributed by atoms with Crippen molar-refractivity contribution >= 4 is 56.5 Å². The molecule has 1 saturated heterocycles. The lowest BCUT2D eigenvalue weighted by Crippen LogP contribution is -2.23. The number of nitrogens with zero attached hydrogens (tertiary/aromatic N) is 2. The summed E-state index contributed by atoms with van der Waals surface area (Å²) >= 11 is 4.69. The van der Waals surface area contributed by atoms with Gasteiger partial charge in [-0.3, -0.25) is 9.69 Å². The number of likely N-dealkylation sites (N-methyl/N-ethyl adjacent to an activating group) is 1. The molecule has 7 nitrogen and oxygen atoms in total. The van der Waals surface area contributed by atoms with Gasteiger partial charge in [-0.15, -0.1) is 0 Å². The molecule has 4 rings (SSSR count). The number of hydrogen-bond acceptors (Lipinski definition) is 6. The summed E-state index contributed by atoms with van der Waals surface area (Å²) in [7, 11) is 1.61. The predicted octanol–water partition coefficient (Wildman–Crippen LogP) is 6.50. The number of halogens is 2. The number of hydrogen-bond donors (Lipinski definition) is 1. The molecular formula is C27H22BrFN2O5S. The summed E-state index contributed by atoms with van der Waals surface area (Å²) in [5, 5.41) is 9.63. The number of thioether (sulfide) groups is 1. The van der Waals surface area contributed by atoms with Gasteiger partial charge in [0.2, 0.25) is 0 Å². The van der Waals surface area contributed by atoms with Crippen molar-refractivity contribution in [2.24, 2.45) is 4.99 Å². The molecule has 1 aliphatic heterocycles. The Balaban J connectivity index is 1.60. The normalized spacial score (nSPS) is 15.5. The first-order valence-corrected chi connectivity index (χ1v) is 12.8. The molecule has 0 spiro atoms. The van der Waals surface area contributed by atoms with Crippen LogP contribution in [0, 0.1) is 5.82 Å². The van der Waals surface area contributed by atoms with Crippen LogP contribution in [-0.4, -0.2) is 40.7 Å². The van der Waals surface area contributed by atoms with Gasteiger partial charge in [0, 0.05) is 12.6 Å². The zero-order valence-electron chi connectivity index (χ0n) is 19.9. The first-order valence-electron chi connectivity index (χ1n) is 11.2. The molecule has 0 aliphatic carbocycles. The average Bonchev–Trinajstić information content (AvgIpc) is 3.12. The fourth-order valence-corrected chi connectivity index (χ4v) is 5.02. The largest absolute Gasteiger partial charge is 0.490 e. The standard InChI is InChI=1S/C27H22BrFN2O5S/c1-3-35-22-12-16(11-20(28)24(22)36-15-18-7-4-5-10-21(18)29)13-23-25(32)31(2)27(37-23)30-19-9-6-8-17(14-19)26(33)34/h4-14H,3,15H2,1-2H3,(H,33,34). The molecule has 0 radical (unpaired) electrons. The van der Waals surface area contributed by atoms with Crippen molar-refractivity contribution in [2.45, 2.75) is 13.5 Å². The van der Waals surface area contributed by atoms with Crippen molar-refractivity contribution in [2.75, 3.05) is 13.7 Å². The van der Waals surface area contributed by atoms with E-state index in [9.17, 15) is 19.1 Å². The van der Waals surface area contributed by atoms with E-state index in [1.807, 2.05) is 6.92 Å². The van der Waals surface area contributed by atoms with E-state index in [4.69, 9.17) is 9.47 Å². The number of carbonyl (C=O) groups excluding carboxylic acids is 1. The van der Waals surface area contributed by atoms with Crippen molar-refractivity contribution in [3.8, 4) is 11.5 Å². The third-order valence-corrected chi connectivity index (χ3v) is 6.93. The Hall–Kier alpha value is -3.63. The average molecular weight is 585 g/mol. The zero-order valence-corrected chi connectivity index (χ0v) is 22.3. The quantitative estimate of drug-likeness (QED) is 0.304. The number of carbonyl (C=O) groups is 2. The third-order valence-electron chi connectivity index (χ3n) is 5.28. The van der Waals surface area contributed by atoms with E-state index in [2.05, 4.69) is 20.9 Å². The summed E-state index contributed by atoms with van der Waals surface area (Å²) in [6.45, 7) is 2.24. The van der Waals surface area contributed by atoms with Gasteiger partial charge in [-0.05, 0) is 82.7 Å². The van der Waals surface area contributed by atoms with Crippen LogP contribution in [0.25, 0.3) is 6.08 Å². The predicted molar refractivity (Wildman–Crippen MR) is 145 cm³/mol. The van der Waals surface area contributed by atoms with Crippen LogP contribution < -0.4 is 9.47 Å². The second-order valence-electron chi connectivity index (χ2n) is 7.87. The molecule has 0 aromatic heterocycles. The van der Waals surface area contributed by atoms with Gasteiger partial charge in [-0.2, -0.15) is 0 Å². The van der Waals surface area contributed by atoms with Crippen molar-refractivity contribution in [3.63, 3.8) is 0 Å². The number of amidine groups is 1. The SMILES string of the molecule is CCOc1cc(C=C2SC(=Nc3cccc(C(=O)O)c3)N(C)C2=O)cc(Br)c1OCc1ccccc1F. The number of aliphatic imine (C=N–C) groups is 1. The van der Waals surface area contributed by atoms with Gasteiger partial charge in [0.1, 0.15) is 12.4 Å². The topological polar surface area (TPSA) is 88.4 Å². The maximum absolute atomic E-state index is 14.0.